The molecule has 0 atom stereocenters. The van der Waals surface area contributed by atoms with E-state index in [0.29, 0.717) is 23.0 Å². The molecule has 7 heteroatoms. The Bertz CT molecular complexity index is 552. The van der Waals surface area contributed by atoms with Crippen molar-refractivity contribution in [2.24, 2.45) is 5.84 Å². The second-order valence-corrected chi connectivity index (χ2v) is 3.61. The van der Waals surface area contributed by atoms with Gasteiger partial charge in [0.25, 0.3) is 5.91 Å². The van der Waals surface area contributed by atoms with Crippen molar-refractivity contribution in [2.75, 3.05) is 5.43 Å². The van der Waals surface area contributed by atoms with Crippen LogP contribution < -0.4 is 16.6 Å². The fraction of sp³-hybridized carbons (Fsp3) is 0.182. The van der Waals surface area contributed by atoms with E-state index in [4.69, 9.17) is 10.4 Å². The standard InChI is InChI=1S/C11H13N5O2/c1-7-14-10(18-16-7)6-13-11(17)8-4-2-3-5-9(8)15-12/h2-5,15H,6,12H2,1H3,(H,13,17). The number of nitrogens with zero attached hydrogens (tertiary/aromatic N) is 2. The molecule has 1 heterocycles. The van der Waals surface area contributed by atoms with E-state index in [0.717, 1.165) is 0 Å². The van der Waals surface area contributed by atoms with Crippen LogP contribution in [0.4, 0.5) is 5.69 Å². The lowest BCUT2D eigenvalue weighted by molar-refractivity contribution is 0.0947. The second-order valence-electron chi connectivity index (χ2n) is 3.61. The molecule has 0 unspecified atom stereocenters. The minimum Gasteiger partial charge on any atom is -0.343 e. The van der Waals surface area contributed by atoms with Gasteiger partial charge in [-0.15, -0.1) is 0 Å². The van der Waals surface area contributed by atoms with E-state index in [1.807, 2.05) is 0 Å². The highest BCUT2D eigenvalue weighted by atomic mass is 16.5. The Kier molecular flexibility index (Phi) is 3.54. The highest BCUT2D eigenvalue weighted by Crippen LogP contribution is 2.13. The molecule has 0 aliphatic rings. The van der Waals surface area contributed by atoms with E-state index in [1.54, 1.807) is 31.2 Å². The van der Waals surface area contributed by atoms with Crippen molar-refractivity contribution in [3.05, 3.63) is 41.5 Å². The molecule has 0 spiro atoms. The maximum Gasteiger partial charge on any atom is 0.253 e. The molecule has 7 nitrogen and oxygen atoms in total. The van der Waals surface area contributed by atoms with Crippen LogP contribution in [0.5, 0.6) is 0 Å². The van der Waals surface area contributed by atoms with Crippen LogP contribution in [0.1, 0.15) is 22.1 Å². The number of carbonyl (C=O) groups excluding carboxylic acids is 1. The largest absolute Gasteiger partial charge is 0.343 e. The first-order valence-corrected chi connectivity index (χ1v) is 5.33. The molecule has 0 radical (unpaired) electrons. The predicted octanol–water partition coefficient (Wildman–Crippen LogP) is 0.594. The number of hydrazine groups is 1. The molecule has 1 aromatic carbocycles. The molecule has 1 aromatic heterocycles. The molecule has 94 valence electrons. The number of benzene rings is 1. The average Bonchev–Trinajstić information content (AvgIpc) is 2.81. The number of carbonyl (C=O) groups is 1. The second kappa shape index (κ2) is 5.28. The van der Waals surface area contributed by atoms with Crippen LogP contribution in [-0.4, -0.2) is 16.0 Å². The Morgan fingerprint density at radius 2 is 2.22 bits per heavy atom. The highest BCUT2D eigenvalue weighted by Gasteiger charge is 2.11. The van der Waals surface area contributed by atoms with Crippen LogP contribution in [0.15, 0.2) is 28.8 Å². The van der Waals surface area contributed by atoms with Crippen molar-refractivity contribution in [3.8, 4) is 0 Å². The van der Waals surface area contributed by atoms with Gasteiger partial charge in [-0.05, 0) is 19.1 Å². The number of anilines is 1. The van der Waals surface area contributed by atoms with Gasteiger partial charge >= 0.3 is 0 Å². The fourth-order valence-corrected chi connectivity index (χ4v) is 1.47. The molecule has 0 bridgehead atoms. The Morgan fingerprint density at radius 3 is 2.89 bits per heavy atom. The van der Waals surface area contributed by atoms with Crippen molar-refractivity contribution in [3.63, 3.8) is 0 Å². The summed E-state index contributed by atoms with van der Waals surface area (Å²) in [6, 6.07) is 6.93. The van der Waals surface area contributed by atoms with Gasteiger partial charge in [0.1, 0.15) is 0 Å². The van der Waals surface area contributed by atoms with Gasteiger partial charge in [0, 0.05) is 0 Å². The number of aromatic nitrogens is 2. The molecular formula is C11H13N5O2. The Balaban J connectivity index is 2.03. The van der Waals surface area contributed by atoms with E-state index in [-0.39, 0.29) is 12.5 Å². The summed E-state index contributed by atoms with van der Waals surface area (Å²) in [5.41, 5.74) is 3.47. The SMILES string of the molecule is Cc1noc(CNC(=O)c2ccccc2NN)n1. The molecule has 4 N–H and O–H groups in total. The summed E-state index contributed by atoms with van der Waals surface area (Å²) in [6.07, 6.45) is 0. The third-order valence-electron chi connectivity index (χ3n) is 2.30. The number of rotatable bonds is 4. The van der Waals surface area contributed by atoms with Crippen LogP contribution in [0.2, 0.25) is 0 Å². The molecule has 2 aromatic rings. The van der Waals surface area contributed by atoms with E-state index in [2.05, 4.69) is 20.9 Å². The molecule has 0 aliphatic carbocycles. The first kappa shape index (κ1) is 12.1. The van der Waals surface area contributed by atoms with Gasteiger partial charge in [0.2, 0.25) is 5.89 Å². The zero-order valence-corrected chi connectivity index (χ0v) is 9.80. The number of hydrogen-bond donors (Lipinski definition) is 3. The summed E-state index contributed by atoms with van der Waals surface area (Å²) in [6.45, 7) is 1.89. The number of para-hydroxylation sites is 1. The van der Waals surface area contributed by atoms with Crippen LogP contribution in [0, 0.1) is 6.92 Å². The smallest absolute Gasteiger partial charge is 0.253 e. The maximum absolute atomic E-state index is 11.9. The van der Waals surface area contributed by atoms with Gasteiger partial charge in [-0.1, -0.05) is 17.3 Å². The van der Waals surface area contributed by atoms with Gasteiger partial charge in [-0.2, -0.15) is 4.98 Å². The summed E-state index contributed by atoms with van der Waals surface area (Å²) in [5.74, 6) is 5.95. The summed E-state index contributed by atoms with van der Waals surface area (Å²) < 4.78 is 4.89. The van der Waals surface area contributed by atoms with E-state index < -0.39 is 0 Å². The Morgan fingerprint density at radius 1 is 1.44 bits per heavy atom. The number of amides is 1. The third-order valence-corrected chi connectivity index (χ3v) is 2.30. The monoisotopic (exact) mass is 247 g/mol. The zero-order valence-electron chi connectivity index (χ0n) is 9.80. The first-order chi connectivity index (χ1) is 8.70. The Hall–Kier alpha value is -2.41. The normalized spacial score (nSPS) is 10.1. The molecular weight excluding hydrogens is 234 g/mol. The summed E-state index contributed by atoms with van der Waals surface area (Å²) in [4.78, 5) is 15.9. The maximum atomic E-state index is 11.9. The van der Waals surface area contributed by atoms with Crippen molar-refractivity contribution >= 4 is 11.6 Å². The molecule has 0 aliphatic heterocycles. The lowest BCUT2D eigenvalue weighted by Gasteiger charge is -2.07. The number of hydrogen-bond acceptors (Lipinski definition) is 6. The molecule has 2 rings (SSSR count). The summed E-state index contributed by atoms with van der Waals surface area (Å²) >= 11 is 0. The summed E-state index contributed by atoms with van der Waals surface area (Å²) in [7, 11) is 0. The van der Waals surface area contributed by atoms with Crippen molar-refractivity contribution < 1.29 is 9.32 Å². The third kappa shape index (κ3) is 2.64. The van der Waals surface area contributed by atoms with Crippen LogP contribution >= 0.6 is 0 Å². The predicted molar refractivity (Wildman–Crippen MR) is 64.5 cm³/mol. The van der Waals surface area contributed by atoms with Crippen molar-refractivity contribution in [2.45, 2.75) is 13.5 Å². The Labute approximate surface area is 103 Å². The number of aryl methyl sites for hydroxylation is 1. The highest BCUT2D eigenvalue weighted by molar-refractivity contribution is 5.99. The van der Waals surface area contributed by atoms with Gasteiger partial charge in [0.05, 0.1) is 17.8 Å². The topological polar surface area (TPSA) is 106 Å². The minimum atomic E-state index is -0.264. The lowest BCUT2D eigenvalue weighted by atomic mass is 10.1. The zero-order chi connectivity index (χ0) is 13.0. The van der Waals surface area contributed by atoms with Gasteiger partial charge in [-0.3, -0.25) is 10.6 Å². The summed E-state index contributed by atoms with van der Waals surface area (Å²) in [5, 5.41) is 6.30. The molecule has 0 saturated heterocycles. The van der Waals surface area contributed by atoms with Gasteiger partial charge in [-0.25, -0.2) is 0 Å². The van der Waals surface area contributed by atoms with Gasteiger partial charge in [0.15, 0.2) is 5.82 Å². The van der Waals surface area contributed by atoms with E-state index >= 15 is 0 Å². The van der Waals surface area contributed by atoms with Crippen molar-refractivity contribution in [1.82, 2.24) is 15.5 Å². The molecule has 18 heavy (non-hydrogen) atoms. The van der Waals surface area contributed by atoms with Gasteiger partial charge < -0.3 is 15.3 Å². The number of nitrogen functional groups attached to an aromatic ring is 1. The van der Waals surface area contributed by atoms with Crippen molar-refractivity contribution in [1.29, 1.82) is 0 Å². The molecule has 0 saturated carbocycles. The molecule has 0 fully saturated rings. The minimum absolute atomic E-state index is 0.179. The molecule has 1 amide bonds. The van der Waals surface area contributed by atoms with Crippen LogP contribution in [-0.2, 0) is 6.54 Å². The quantitative estimate of drug-likeness (QED) is 0.539. The average molecular weight is 247 g/mol. The number of nitrogens with one attached hydrogen (secondary N) is 2. The van der Waals surface area contributed by atoms with E-state index in [9.17, 15) is 4.79 Å². The number of nitrogens with two attached hydrogens (primary N) is 1. The van der Waals surface area contributed by atoms with E-state index in [1.165, 1.54) is 0 Å². The lowest BCUT2D eigenvalue weighted by Crippen LogP contribution is -2.24. The first-order valence-electron chi connectivity index (χ1n) is 5.33. The van der Waals surface area contributed by atoms with Crippen LogP contribution in [0.25, 0.3) is 0 Å². The van der Waals surface area contributed by atoms with Crippen LogP contribution in [0.3, 0.4) is 0 Å². The fourth-order valence-electron chi connectivity index (χ4n) is 1.47.